The number of carbonyl (C=O) groups excluding carboxylic acids is 1. The summed E-state index contributed by atoms with van der Waals surface area (Å²) in [6.07, 6.45) is 3.12. The Labute approximate surface area is 141 Å². The predicted octanol–water partition coefficient (Wildman–Crippen LogP) is 1.22. The van der Waals surface area contributed by atoms with Crippen LogP contribution in [0.1, 0.15) is 38.2 Å². The Morgan fingerprint density at radius 2 is 2.08 bits per heavy atom. The molecule has 24 heavy (non-hydrogen) atoms. The van der Waals surface area contributed by atoms with Crippen molar-refractivity contribution in [1.29, 1.82) is 0 Å². The van der Waals surface area contributed by atoms with Gasteiger partial charge in [-0.15, -0.1) is 0 Å². The molecule has 0 aliphatic heterocycles. The van der Waals surface area contributed by atoms with Gasteiger partial charge < -0.3 is 10.5 Å². The second-order valence-corrected chi connectivity index (χ2v) is 6.05. The maximum atomic E-state index is 12.4. The number of nitrogens with zero attached hydrogens (tertiary/aromatic N) is 4. The standard InChI is InChI=1S/C16H23N5O3/c1-11(2)20(12(3)4)9-8-18-16(22)15-14(19-24-21(15)23)13-6-5-7-17-10-13/h5-7,10-12H,8-9H2,1-4H3,(H,18,22). The van der Waals surface area contributed by atoms with Crippen molar-refractivity contribution in [3.05, 3.63) is 35.4 Å². The van der Waals surface area contributed by atoms with E-state index in [1.807, 2.05) is 0 Å². The molecule has 2 aromatic heterocycles. The lowest BCUT2D eigenvalue weighted by Gasteiger charge is -2.30. The fourth-order valence-electron chi connectivity index (χ4n) is 2.63. The lowest BCUT2D eigenvalue weighted by Crippen LogP contribution is -2.44. The van der Waals surface area contributed by atoms with Crippen LogP contribution in [0.25, 0.3) is 11.3 Å². The summed E-state index contributed by atoms with van der Waals surface area (Å²) < 4.78 is 4.59. The number of rotatable bonds is 7. The number of pyridine rings is 1. The van der Waals surface area contributed by atoms with Crippen molar-refractivity contribution in [3.63, 3.8) is 0 Å². The van der Waals surface area contributed by atoms with Crippen LogP contribution in [0.2, 0.25) is 0 Å². The molecular weight excluding hydrogens is 310 g/mol. The molecule has 0 spiro atoms. The van der Waals surface area contributed by atoms with Gasteiger partial charge in [0.25, 0.3) is 17.3 Å². The van der Waals surface area contributed by atoms with Gasteiger partial charge in [-0.2, -0.15) is 0 Å². The van der Waals surface area contributed by atoms with Crippen molar-refractivity contribution >= 4 is 5.91 Å². The van der Waals surface area contributed by atoms with Gasteiger partial charge in [0.2, 0.25) is 0 Å². The number of amides is 1. The Bertz CT molecular complexity index is 662. The first-order chi connectivity index (χ1) is 11.4. The summed E-state index contributed by atoms with van der Waals surface area (Å²) in [7, 11) is 0. The molecule has 0 aliphatic rings. The van der Waals surface area contributed by atoms with E-state index in [1.165, 1.54) is 6.20 Å². The van der Waals surface area contributed by atoms with E-state index in [4.69, 9.17) is 0 Å². The normalized spacial score (nSPS) is 11.5. The largest absolute Gasteiger partial charge is 0.359 e. The van der Waals surface area contributed by atoms with E-state index in [2.05, 4.69) is 52.7 Å². The van der Waals surface area contributed by atoms with E-state index in [0.717, 1.165) is 0 Å². The molecule has 8 heteroatoms. The van der Waals surface area contributed by atoms with Crippen LogP contribution in [0.15, 0.2) is 29.2 Å². The molecule has 2 rings (SSSR count). The Hall–Kier alpha value is -2.48. The summed E-state index contributed by atoms with van der Waals surface area (Å²) in [4.78, 5) is 18.7. The minimum atomic E-state index is -0.516. The SMILES string of the molecule is CC(C)N(CCNC(=O)c1c(-c2cccnc2)no[n+]1[O-])C(C)C. The van der Waals surface area contributed by atoms with Crippen LogP contribution in [0.4, 0.5) is 0 Å². The van der Waals surface area contributed by atoms with Gasteiger partial charge in [-0.25, -0.2) is 0 Å². The van der Waals surface area contributed by atoms with Gasteiger partial charge in [0.05, 0.1) is 5.56 Å². The van der Waals surface area contributed by atoms with Crippen LogP contribution in [-0.2, 0) is 0 Å². The molecule has 0 atom stereocenters. The predicted molar refractivity (Wildman–Crippen MR) is 88.0 cm³/mol. The van der Waals surface area contributed by atoms with Gasteiger partial charge >= 0.3 is 0 Å². The topological polar surface area (TPSA) is 98.2 Å². The summed E-state index contributed by atoms with van der Waals surface area (Å²) in [6.45, 7) is 9.53. The van der Waals surface area contributed by atoms with Gasteiger partial charge in [0, 0.05) is 42.7 Å². The summed E-state index contributed by atoms with van der Waals surface area (Å²) in [5, 5.41) is 18.2. The third-order valence-electron chi connectivity index (χ3n) is 3.75. The molecule has 2 heterocycles. The van der Waals surface area contributed by atoms with Crippen molar-refractivity contribution in [3.8, 4) is 11.3 Å². The van der Waals surface area contributed by atoms with Crippen molar-refractivity contribution in [2.24, 2.45) is 0 Å². The summed E-state index contributed by atoms with van der Waals surface area (Å²) in [6, 6.07) is 4.14. The average Bonchev–Trinajstić information content (AvgIpc) is 2.93. The molecule has 0 unspecified atom stereocenters. The number of hydrogen-bond donors (Lipinski definition) is 1. The highest BCUT2D eigenvalue weighted by molar-refractivity contribution is 5.96. The molecule has 0 aromatic carbocycles. The zero-order valence-corrected chi connectivity index (χ0v) is 14.4. The molecule has 1 amide bonds. The van der Waals surface area contributed by atoms with Gasteiger partial charge in [-0.05, 0) is 44.7 Å². The van der Waals surface area contributed by atoms with E-state index in [0.29, 0.717) is 30.7 Å². The maximum Gasteiger partial charge on any atom is 0.300 e. The first-order valence-electron chi connectivity index (χ1n) is 7.96. The third kappa shape index (κ3) is 4.08. The number of hydrogen-bond acceptors (Lipinski definition) is 6. The summed E-state index contributed by atoms with van der Waals surface area (Å²) in [5.41, 5.74) is 0.566. The Morgan fingerprint density at radius 1 is 1.38 bits per heavy atom. The molecule has 1 N–H and O–H groups in total. The van der Waals surface area contributed by atoms with E-state index in [-0.39, 0.29) is 16.3 Å². The average molecular weight is 333 g/mol. The van der Waals surface area contributed by atoms with Gasteiger partial charge in [-0.1, -0.05) is 0 Å². The highest BCUT2D eigenvalue weighted by atomic mass is 16.8. The third-order valence-corrected chi connectivity index (χ3v) is 3.75. The van der Waals surface area contributed by atoms with Crippen LogP contribution in [0, 0.1) is 5.21 Å². The van der Waals surface area contributed by atoms with Crippen molar-refractivity contribution in [2.45, 2.75) is 39.8 Å². The molecule has 8 nitrogen and oxygen atoms in total. The first kappa shape index (κ1) is 17.9. The number of nitrogens with one attached hydrogen (secondary N) is 1. The zero-order valence-electron chi connectivity index (χ0n) is 14.4. The number of carbonyl (C=O) groups is 1. The van der Waals surface area contributed by atoms with Crippen LogP contribution >= 0.6 is 0 Å². The molecular formula is C16H23N5O3. The second kappa shape index (κ2) is 7.87. The molecule has 0 radical (unpaired) electrons. The summed E-state index contributed by atoms with van der Waals surface area (Å²) in [5.74, 6) is -0.516. The molecule has 130 valence electrons. The molecule has 2 aromatic rings. The van der Waals surface area contributed by atoms with Crippen molar-refractivity contribution < 1.29 is 14.3 Å². The molecule has 0 saturated heterocycles. The van der Waals surface area contributed by atoms with E-state index in [9.17, 15) is 10.0 Å². The van der Waals surface area contributed by atoms with Crippen LogP contribution in [0.5, 0.6) is 0 Å². The highest BCUT2D eigenvalue weighted by Gasteiger charge is 2.28. The molecule has 0 aliphatic carbocycles. The highest BCUT2D eigenvalue weighted by Crippen LogP contribution is 2.17. The molecule has 0 bridgehead atoms. The summed E-state index contributed by atoms with van der Waals surface area (Å²) >= 11 is 0. The number of aromatic nitrogens is 3. The van der Waals surface area contributed by atoms with Crippen molar-refractivity contribution in [1.82, 2.24) is 20.4 Å². The fraction of sp³-hybridized carbons (Fsp3) is 0.500. The smallest absolute Gasteiger partial charge is 0.300 e. The van der Waals surface area contributed by atoms with E-state index in [1.54, 1.807) is 18.3 Å². The van der Waals surface area contributed by atoms with E-state index >= 15 is 0 Å². The fourth-order valence-corrected chi connectivity index (χ4v) is 2.63. The van der Waals surface area contributed by atoms with Crippen LogP contribution < -0.4 is 10.2 Å². The lowest BCUT2D eigenvalue weighted by atomic mass is 10.1. The van der Waals surface area contributed by atoms with Crippen molar-refractivity contribution in [2.75, 3.05) is 13.1 Å². The van der Waals surface area contributed by atoms with Gasteiger partial charge in [0.15, 0.2) is 0 Å². The Morgan fingerprint density at radius 3 is 2.67 bits per heavy atom. The Balaban J connectivity index is 2.07. The monoisotopic (exact) mass is 333 g/mol. The minimum Gasteiger partial charge on any atom is -0.359 e. The van der Waals surface area contributed by atoms with Gasteiger partial charge in [-0.3, -0.25) is 19.3 Å². The molecule has 0 saturated carbocycles. The lowest BCUT2D eigenvalue weighted by molar-refractivity contribution is -0.803. The van der Waals surface area contributed by atoms with Gasteiger partial charge in [0.1, 0.15) is 0 Å². The first-order valence-corrected chi connectivity index (χ1v) is 7.96. The maximum absolute atomic E-state index is 12.4. The van der Waals surface area contributed by atoms with E-state index < -0.39 is 5.91 Å². The van der Waals surface area contributed by atoms with Crippen LogP contribution in [0.3, 0.4) is 0 Å². The minimum absolute atomic E-state index is 0.125. The Kier molecular flexibility index (Phi) is 5.86. The van der Waals surface area contributed by atoms with Crippen LogP contribution in [-0.4, -0.2) is 46.1 Å². The quantitative estimate of drug-likeness (QED) is 0.765. The zero-order chi connectivity index (χ0) is 17.7. The molecule has 0 fully saturated rings. The second-order valence-electron chi connectivity index (χ2n) is 6.05.